The average Bonchev–Trinajstić information content (AvgIpc) is 2.37. The normalized spacial score (nSPS) is 13.9. The minimum Gasteiger partial charge on any atom is -0.312 e. The van der Waals surface area contributed by atoms with Crippen molar-refractivity contribution in [3.63, 3.8) is 0 Å². The van der Waals surface area contributed by atoms with Crippen molar-refractivity contribution in [3.8, 4) is 0 Å². The van der Waals surface area contributed by atoms with Crippen LogP contribution >= 0.6 is 0 Å². The number of rotatable bonds is 7. The van der Waals surface area contributed by atoms with E-state index in [-0.39, 0.29) is 11.7 Å². The van der Waals surface area contributed by atoms with Crippen LogP contribution in [0.25, 0.3) is 0 Å². The van der Waals surface area contributed by atoms with E-state index < -0.39 is 19.5 Å². The summed E-state index contributed by atoms with van der Waals surface area (Å²) < 4.78 is 23.0. The minimum absolute atomic E-state index is 0.0288. The molecule has 1 aromatic rings. The van der Waals surface area contributed by atoms with Gasteiger partial charge in [-0.15, -0.1) is 0 Å². The molecule has 1 unspecified atom stereocenters. The number of nitrogens with one attached hydrogen (secondary N) is 1. The summed E-state index contributed by atoms with van der Waals surface area (Å²) >= 11 is 0. The van der Waals surface area contributed by atoms with Crippen LogP contribution in [0.1, 0.15) is 26.3 Å². The van der Waals surface area contributed by atoms with Gasteiger partial charge in [0.2, 0.25) is 0 Å². The lowest BCUT2D eigenvalue weighted by molar-refractivity contribution is -0.384. The summed E-state index contributed by atoms with van der Waals surface area (Å²) in [7, 11) is -3.24. The Hall–Kier alpha value is -1.47. The molecule has 0 aliphatic carbocycles. The van der Waals surface area contributed by atoms with Gasteiger partial charge in [0.05, 0.1) is 9.67 Å². The van der Waals surface area contributed by atoms with Crippen molar-refractivity contribution in [2.45, 2.75) is 38.0 Å². The Morgan fingerprint density at radius 1 is 1.29 bits per heavy atom. The number of hydrogen-bond donors (Lipinski definition) is 1. The maximum Gasteiger partial charge on any atom is 0.269 e. The van der Waals surface area contributed by atoms with Crippen LogP contribution in [0.2, 0.25) is 0 Å². The highest BCUT2D eigenvalue weighted by Gasteiger charge is 2.38. The fraction of sp³-hybridized carbons (Fsp3) is 0.571. The predicted octanol–water partition coefficient (Wildman–Crippen LogP) is 1.94. The summed E-state index contributed by atoms with van der Waals surface area (Å²) in [5.74, 6) is 0. The summed E-state index contributed by atoms with van der Waals surface area (Å²) in [6.45, 7) is 5.96. The number of nitrogens with zero attached hydrogens (tertiary/aromatic N) is 1. The summed E-state index contributed by atoms with van der Waals surface area (Å²) in [6, 6.07) is 5.94. The van der Waals surface area contributed by atoms with Crippen molar-refractivity contribution < 1.29 is 13.3 Å². The van der Waals surface area contributed by atoms with E-state index in [9.17, 15) is 18.5 Å². The van der Waals surface area contributed by atoms with Gasteiger partial charge < -0.3 is 5.32 Å². The second-order valence-corrected chi connectivity index (χ2v) is 8.21. The second kappa shape index (κ2) is 6.53. The van der Waals surface area contributed by atoms with E-state index in [1.165, 1.54) is 18.4 Å². The molecular formula is C14H22N2O4S. The molecule has 0 spiro atoms. The van der Waals surface area contributed by atoms with Crippen LogP contribution < -0.4 is 5.32 Å². The molecule has 0 radical (unpaired) electrons. The third kappa shape index (κ3) is 4.25. The molecule has 0 saturated heterocycles. The Balaban J connectivity index is 3.01. The molecule has 7 heteroatoms. The highest BCUT2D eigenvalue weighted by atomic mass is 32.2. The van der Waals surface area contributed by atoms with Gasteiger partial charge >= 0.3 is 0 Å². The lowest BCUT2D eigenvalue weighted by Gasteiger charge is -2.33. The van der Waals surface area contributed by atoms with Gasteiger partial charge in [-0.25, -0.2) is 8.42 Å². The number of likely N-dealkylation sites (N-methyl/N-ethyl adjacent to an activating group) is 1. The van der Waals surface area contributed by atoms with Crippen LogP contribution in [0.4, 0.5) is 5.69 Å². The first-order valence-electron chi connectivity index (χ1n) is 6.76. The van der Waals surface area contributed by atoms with Crippen molar-refractivity contribution >= 4 is 15.5 Å². The summed E-state index contributed by atoms with van der Waals surface area (Å²) in [5, 5.41) is 13.8. The molecule has 0 aliphatic heterocycles. The molecule has 0 heterocycles. The molecule has 0 bridgehead atoms. The minimum atomic E-state index is -3.24. The van der Waals surface area contributed by atoms with Gasteiger partial charge in [-0.1, -0.05) is 19.1 Å². The lowest BCUT2D eigenvalue weighted by Crippen LogP contribution is -2.52. The van der Waals surface area contributed by atoms with Crippen molar-refractivity contribution in [3.05, 3.63) is 39.9 Å². The van der Waals surface area contributed by atoms with Crippen molar-refractivity contribution in [2.75, 3.05) is 12.8 Å². The van der Waals surface area contributed by atoms with Crippen LogP contribution in [0.3, 0.4) is 0 Å². The van der Waals surface area contributed by atoms with Gasteiger partial charge in [-0.05, 0) is 32.4 Å². The Morgan fingerprint density at radius 3 is 2.19 bits per heavy atom. The number of sulfone groups is 1. The Morgan fingerprint density at radius 2 is 1.81 bits per heavy atom. The Kier molecular flexibility index (Phi) is 5.47. The fourth-order valence-corrected chi connectivity index (χ4v) is 2.74. The molecule has 1 aromatic carbocycles. The first kappa shape index (κ1) is 17.6. The van der Waals surface area contributed by atoms with E-state index in [1.54, 1.807) is 26.0 Å². The number of nitro benzene ring substituents is 1. The molecule has 0 amide bonds. The molecule has 0 aliphatic rings. The van der Waals surface area contributed by atoms with Crippen molar-refractivity contribution in [1.29, 1.82) is 0 Å². The van der Waals surface area contributed by atoms with E-state index in [1.807, 2.05) is 6.92 Å². The van der Waals surface area contributed by atoms with Gasteiger partial charge in [-0.3, -0.25) is 10.1 Å². The average molecular weight is 314 g/mol. The van der Waals surface area contributed by atoms with Crippen LogP contribution in [-0.4, -0.2) is 36.9 Å². The van der Waals surface area contributed by atoms with E-state index >= 15 is 0 Å². The Labute approximate surface area is 125 Å². The highest BCUT2D eigenvalue weighted by Crippen LogP contribution is 2.24. The SMILES string of the molecule is CCNC(Cc1ccc([N+](=O)[O-])cc1)C(C)(C)S(C)(=O)=O. The second-order valence-electron chi connectivity index (χ2n) is 5.61. The quantitative estimate of drug-likeness (QED) is 0.613. The van der Waals surface area contributed by atoms with Crippen molar-refractivity contribution in [1.82, 2.24) is 5.32 Å². The third-order valence-electron chi connectivity index (χ3n) is 3.83. The van der Waals surface area contributed by atoms with Gasteiger partial charge in [0.25, 0.3) is 5.69 Å². The van der Waals surface area contributed by atoms with Crippen LogP contribution in [-0.2, 0) is 16.3 Å². The van der Waals surface area contributed by atoms with Gasteiger partial charge in [0.15, 0.2) is 9.84 Å². The summed E-state index contributed by atoms with van der Waals surface area (Å²) in [6.07, 6.45) is 1.72. The first-order chi connectivity index (χ1) is 9.59. The largest absolute Gasteiger partial charge is 0.312 e. The maximum atomic E-state index is 12.0. The van der Waals surface area contributed by atoms with Crippen LogP contribution in [0, 0.1) is 10.1 Å². The third-order valence-corrected chi connectivity index (χ3v) is 6.03. The molecular weight excluding hydrogens is 292 g/mol. The smallest absolute Gasteiger partial charge is 0.269 e. The molecule has 1 rings (SSSR count). The molecule has 0 aromatic heterocycles. The van der Waals surface area contributed by atoms with Crippen LogP contribution in [0.15, 0.2) is 24.3 Å². The molecule has 1 atom stereocenters. The van der Waals surface area contributed by atoms with Gasteiger partial charge in [-0.2, -0.15) is 0 Å². The first-order valence-corrected chi connectivity index (χ1v) is 8.65. The van der Waals surface area contributed by atoms with E-state index in [0.717, 1.165) is 5.56 Å². The highest BCUT2D eigenvalue weighted by molar-refractivity contribution is 7.92. The number of hydrogen-bond acceptors (Lipinski definition) is 5. The zero-order chi connectivity index (χ0) is 16.3. The number of benzene rings is 1. The van der Waals surface area contributed by atoms with E-state index in [0.29, 0.717) is 13.0 Å². The summed E-state index contributed by atoms with van der Waals surface area (Å²) in [4.78, 5) is 10.2. The van der Waals surface area contributed by atoms with Crippen molar-refractivity contribution in [2.24, 2.45) is 0 Å². The summed E-state index contributed by atoms with van der Waals surface area (Å²) in [5.41, 5.74) is 0.893. The number of nitro groups is 1. The lowest BCUT2D eigenvalue weighted by atomic mass is 9.95. The van der Waals surface area contributed by atoms with Crippen LogP contribution in [0.5, 0.6) is 0 Å². The van der Waals surface area contributed by atoms with E-state index in [2.05, 4.69) is 5.32 Å². The molecule has 1 N–H and O–H groups in total. The maximum absolute atomic E-state index is 12.0. The standard InChI is InChI=1S/C14H22N2O4S/c1-5-15-13(14(2,3)21(4,19)20)10-11-6-8-12(9-7-11)16(17)18/h6-9,13,15H,5,10H2,1-4H3. The monoisotopic (exact) mass is 314 g/mol. The molecule has 0 fully saturated rings. The predicted molar refractivity (Wildman–Crippen MR) is 83.2 cm³/mol. The van der Waals surface area contributed by atoms with E-state index in [4.69, 9.17) is 0 Å². The number of non-ortho nitro benzene ring substituents is 1. The fourth-order valence-electron chi connectivity index (χ4n) is 2.06. The Bertz CT molecular complexity index is 594. The van der Waals surface area contributed by atoms with Gasteiger partial charge in [0, 0.05) is 24.4 Å². The molecule has 0 saturated carbocycles. The molecule has 6 nitrogen and oxygen atoms in total. The van der Waals surface area contributed by atoms with Gasteiger partial charge in [0.1, 0.15) is 0 Å². The molecule has 118 valence electrons. The zero-order valence-corrected chi connectivity index (χ0v) is 13.6. The topological polar surface area (TPSA) is 89.3 Å². The zero-order valence-electron chi connectivity index (χ0n) is 12.8. The molecule has 21 heavy (non-hydrogen) atoms.